The Labute approximate surface area is 144 Å². The summed E-state index contributed by atoms with van der Waals surface area (Å²) in [5.74, 6) is 0.186. The maximum atomic E-state index is 12.4. The Morgan fingerprint density at radius 3 is 2.83 bits per heavy atom. The number of nitrogens with two attached hydrogens (primary N) is 1. The lowest BCUT2D eigenvalue weighted by Crippen LogP contribution is -2.21. The van der Waals surface area contributed by atoms with Crippen LogP contribution in [-0.2, 0) is 4.79 Å². The minimum atomic E-state index is -0.630. The zero-order valence-corrected chi connectivity index (χ0v) is 13.7. The molecule has 5 nitrogen and oxygen atoms in total. The van der Waals surface area contributed by atoms with Gasteiger partial charge in [0.1, 0.15) is 5.75 Å². The predicted molar refractivity (Wildman–Crippen MR) is 92.5 cm³/mol. The van der Waals surface area contributed by atoms with Crippen LogP contribution in [0.5, 0.6) is 5.75 Å². The van der Waals surface area contributed by atoms with Crippen LogP contribution in [0.25, 0.3) is 0 Å². The molecule has 0 bridgehead atoms. The molecule has 0 spiro atoms. The standard InChI is InChI=1S/C18H17ClN2O3/c19-15-6-5-12(10-14(15)18(20)23)21-17(22)9-11-7-8-24-16-4-2-1-3-13(11)16/h1-6,10-11H,7-9H2,(H2,20,23)(H,21,22)/t11-/m0/s1. The van der Waals surface area contributed by atoms with Gasteiger partial charge >= 0.3 is 0 Å². The minimum Gasteiger partial charge on any atom is -0.493 e. The Balaban J connectivity index is 1.71. The van der Waals surface area contributed by atoms with E-state index in [0.29, 0.717) is 18.7 Å². The fourth-order valence-corrected chi connectivity index (χ4v) is 3.07. The molecule has 2 aromatic carbocycles. The van der Waals surface area contributed by atoms with E-state index >= 15 is 0 Å². The van der Waals surface area contributed by atoms with E-state index in [0.717, 1.165) is 17.7 Å². The predicted octanol–water partition coefficient (Wildman–Crippen LogP) is 3.33. The Bertz CT molecular complexity index is 792. The third-order valence-electron chi connectivity index (χ3n) is 4.03. The Hall–Kier alpha value is -2.53. The summed E-state index contributed by atoms with van der Waals surface area (Å²) in [6.07, 6.45) is 1.13. The van der Waals surface area contributed by atoms with Gasteiger partial charge in [0.05, 0.1) is 17.2 Å². The van der Waals surface area contributed by atoms with Crippen LogP contribution in [0.1, 0.15) is 34.7 Å². The van der Waals surface area contributed by atoms with Crippen molar-refractivity contribution >= 4 is 29.1 Å². The first-order valence-electron chi connectivity index (χ1n) is 7.65. The van der Waals surface area contributed by atoms with Crippen LogP contribution in [0.15, 0.2) is 42.5 Å². The molecule has 3 rings (SSSR count). The summed E-state index contributed by atoms with van der Waals surface area (Å²) < 4.78 is 5.61. The number of amides is 2. The lowest BCUT2D eigenvalue weighted by molar-refractivity contribution is -0.116. The zero-order valence-electron chi connectivity index (χ0n) is 12.9. The molecule has 0 aromatic heterocycles. The third kappa shape index (κ3) is 3.51. The van der Waals surface area contributed by atoms with Crippen molar-refractivity contribution in [2.45, 2.75) is 18.8 Å². The molecule has 24 heavy (non-hydrogen) atoms. The monoisotopic (exact) mass is 344 g/mol. The van der Waals surface area contributed by atoms with Gasteiger partial charge in [0, 0.05) is 12.1 Å². The topological polar surface area (TPSA) is 81.4 Å². The Morgan fingerprint density at radius 2 is 2.04 bits per heavy atom. The maximum absolute atomic E-state index is 12.4. The number of para-hydroxylation sites is 1. The van der Waals surface area contributed by atoms with Gasteiger partial charge < -0.3 is 15.8 Å². The summed E-state index contributed by atoms with van der Waals surface area (Å²) in [6, 6.07) is 12.4. The van der Waals surface area contributed by atoms with E-state index in [9.17, 15) is 9.59 Å². The van der Waals surface area contributed by atoms with Gasteiger partial charge in [-0.25, -0.2) is 0 Å². The largest absolute Gasteiger partial charge is 0.493 e. The number of ether oxygens (including phenoxy) is 1. The summed E-state index contributed by atoms with van der Waals surface area (Å²) in [4.78, 5) is 23.7. The molecule has 2 amide bonds. The number of benzene rings is 2. The minimum absolute atomic E-state index is 0.109. The highest BCUT2D eigenvalue weighted by Crippen LogP contribution is 2.35. The van der Waals surface area contributed by atoms with Gasteiger partial charge in [-0.15, -0.1) is 0 Å². The second-order valence-electron chi connectivity index (χ2n) is 5.68. The van der Waals surface area contributed by atoms with Crippen LogP contribution in [-0.4, -0.2) is 18.4 Å². The molecule has 0 saturated carbocycles. The van der Waals surface area contributed by atoms with E-state index in [1.807, 2.05) is 24.3 Å². The van der Waals surface area contributed by atoms with Crippen molar-refractivity contribution in [3.05, 3.63) is 58.6 Å². The molecule has 0 unspecified atom stereocenters. The van der Waals surface area contributed by atoms with Gasteiger partial charge in [-0.3, -0.25) is 9.59 Å². The molecule has 1 atom stereocenters. The molecule has 1 aliphatic heterocycles. The van der Waals surface area contributed by atoms with E-state index in [-0.39, 0.29) is 22.4 Å². The fourth-order valence-electron chi connectivity index (χ4n) is 2.86. The second-order valence-corrected chi connectivity index (χ2v) is 6.09. The van der Waals surface area contributed by atoms with Crippen LogP contribution >= 0.6 is 11.6 Å². The van der Waals surface area contributed by atoms with E-state index < -0.39 is 5.91 Å². The van der Waals surface area contributed by atoms with Gasteiger partial charge in [-0.05, 0) is 42.2 Å². The first kappa shape index (κ1) is 16.3. The number of fused-ring (bicyclic) bond motifs is 1. The molecule has 1 heterocycles. The maximum Gasteiger partial charge on any atom is 0.250 e. The number of carbonyl (C=O) groups excluding carboxylic acids is 2. The molecule has 3 N–H and O–H groups in total. The summed E-state index contributed by atoms with van der Waals surface area (Å²) in [6.45, 7) is 0.599. The highest BCUT2D eigenvalue weighted by atomic mass is 35.5. The summed E-state index contributed by atoms with van der Waals surface area (Å²) >= 11 is 5.91. The number of hydrogen-bond donors (Lipinski definition) is 2. The lowest BCUT2D eigenvalue weighted by atomic mass is 9.90. The molecular weight excluding hydrogens is 328 g/mol. The number of rotatable bonds is 4. The molecule has 0 saturated heterocycles. The van der Waals surface area contributed by atoms with Gasteiger partial charge in [0.2, 0.25) is 11.8 Å². The Morgan fingerprint density at radius 1 is 1.25 bits per heavy atom. The fraction of sp³-hybridized carbons (Fsp3) is 0.222. The molecular formula is C18H17ClN2O3. The van der Waals surface area contributed by atoms with Crippen molar-refractivity contribution in [3.8, 4) is 5.75 Å². The molecule has 2 aromatic rings. The van der Waals surface area contributed by atoms with Gasteiger partial charge in [-0.1, -0.05) is 29.8 Å². The SMILES string of the molecule is NC(=O)c1cc(NC(=O)C[C@@H]2CCOc3ccccc32)ccc1Cl. The van der Waals surface area contributed by atoms with E-state index in [1.165, 1.54) is 6.07 Å². The molecule has 124 valence electrons. The number of hydrogen-bond acceptors (Lipinski definition) is 3. The number of anilines is 1. The quantitative estimate of drug-likeness (QED) is 0.892. The van der Waals surface area contributed by atoms with Crippen molar-refractivity contribution < 1.29 is 14.3 Å². The third-order valence-corrected chi connectivity index (χ3v) is 4.36. The Kier molecular flexibility index (Phi) is 4.71. The first-order chi connectivity index (χ1) is 11.5. The lowest BCUT2D eigenvalue weighted by Gasteiger charge is -2.25. The van der Waals surface area contributed by atoms with Crippen molar-refractivity contribution in [3.63, 3.8) is 0 Å². The second kappa shape index (κ2) is 6.93. The van der Waals surface area contributed by atoms with Crippen molar-refractivity contribution in [1.29, 1.82) is 0 Å². The smallest absolute Gasteiger partial charge is 0.250 e. The van der Waals surface area contributed by atoms with E-state index in [4.69, 9.17) is 22.1 Å². The first-order valence-corrected chi connectivity index (χ1v) is 8.03. The van der Waals surface area contributed by atoms with E-state index in [2.05, 4.69) is 5.32 Å². The van der Waals surface area contributed by atoms with Gasteiger partial charge in [0.15, 0.2) is 0 Å². The van der Waals surface area contributed by atoms with E-state index in [1.54, 1.807) is 12.1 Å². The number of primary amides is 1. The molecule has 1 aliphatic rings. The average Bonchev–Trinajstić information content (AvgIpc) is 2.56. The molecule has 0 radical (unpaired) electrons. The number of nitrogens with one attached hydrogen (secondary N) is 1. The molecule has 0 fully saturated rings. The van der Waals surface area contributed by atoms with Crippen LogP contribution in [0, 0.1) is 0 Å². The summed E-state index contributed by atoms with van der Waals surface area (Å²) in [7, 11) is 0. The van der Waals surface area contributed by atoms with Crippen molar-refractivity contribution in [1.82, 2.24) is 0 Å². The van der Waals surface area contributed by atoms with Crippen molar-refractivity contribution in [2.75, 3.05) is 11.9 Å². The average molecular weight is 345 g/mol. The zero-order chi connectivity index (χ0) is 17.1. The van der Waals surface area contributed by atoms with Crippen molar-refractivity contribution in [2.24, 2.45) is 5.73 Å². The summed E-state index contributed by atoms with van der Waals surface area (Å²) in [5, 5.41) is 3.06. The highest BCUT2D eigenvalue weighted by Gasteiger charge is 2.23. The van der Waals surface area contributed by atoms with Gasteiger partial charge in [0.25, 0.3) is 0 Å². The highest BCUT2D eigenvalue weighted by molar-refractivity contribution is 6.34. The van der Waals surface area contributed by atoms with Crippen LogP contribution in [0.4, 0.5) is 5.69 Å². The summed E-state index contributed by atoms with van der Waals surface area (Å²) in [5.41, 5.74) is 7.00. The number of carbonyl (C=O) groups is 2. The molecule has 0 aliphatic carbocycles. The number of halogens is 1. The molecule has 6 heteroatoms. The van der Waals surface area contributed by atoms with Crippen LogP contribution in [0.2, 0.25) is 5.02 Å². The van der Waals surface area contributed by atoms with Gasteiger partial charge in [-0.2, -0.15) is 0 Å². The van der Waals surface area contributed by atoms with Crippen LogP contribution < -0.4 is 15.8 Å². The normalized spacial score (nSPS) is 16.0. The van der Waals surface area contributed by atoms with Crippen LogP contribution in [0.3, 0.4) is 0 Å².